The number of ether oxygens (including phenoxy) is 2. The molecular weight excluding hydrogens is 456 g/mol. The molecule has 1 aromatic heterocycles. The summed E-state index contributed by atoms with van der Waals surface area (Å²) in [6.45, 7) is -1.98. The van der Waals surface area contributed by atoms with E-state index in [2.05, 4.69) is 15.0 Å². The Bertz CT molecular complexity index is 1190. The smallest absolute Gasteiger partial charge is 0.387 e. The van der Waals surface area contributed by atoms with Crippen molar-refractivity contribution in [2.75, 3.05) is 29.9 Å². The van der Waals surface area contributed by atoms with E-state index in [-0.39, 0.29) is 16.5 Å². The standard InChI is InChI=1S/C23H20ClF2N3O4/c24-17-12-15(7-8-19(17)33-23(25)26)27-20(30)13-32-22(31)16-11-14-5-1-2-6-18(14)28-21(16)29-9-3-4-10-29/h1-2,5-8,11-12,23H,3-4,9-10,13H2,(H,27,30). The number of pyridine rings is 1. The first-order valence-electron chi connectivity index (χ1n) is 10.3. The summed E-state index contributed by atoms with van der Waals surface area (Å²) in [6, 6.07) is 13.0. The van der Waals surface area contributed by atoms with Gasteiger partial charge in [0.05, 0.1) is 10.5 Å². The summed E-state index contributed by atoms with van der Waals surface area (Å²) in [5, 5.41) is 3.19. The number of halogens is 3. The van der Waals surface area contributed by atoms with Crippen LogP contribution in [0.25, 0.3) is 10.9 Å². The Balaban J connectivity index is 1.44. The lowest BCUT2D eigenvalue weighted by atomic mass is 10.1. The Morgan fingerprint density at radius 3 is 2.61 bits per heavy atom. The maximum Gasteiger partial charge on any atom is 0.387 e. The number of para-hydroxylation sites is 1. The summed E-state index contributed by atoms with van der Waals surface area (Å²) in [6.07, 6.45) is 2.02. The van der Waals surface area contributed by atoms with Crippen LogP contribution in [0, 0.1) is 0 Å². The zero-order valence-electron chi connectivity index (χ0n) is 17.4. The Kier molecular flexibility index (Phi) is 6.88. The molecule has 4 rings (SSSR count). The molecule has 172 valence electrons. The van der Waals surface area contributed by atoms with Gasteiger partial charge in [-0.15, -0.1) is 0 Å². The summed E-state index contributed by atoms with van der Waals surface area (Å²) in [7, 11) is 0. The summed E-state index contributed by atoms with van der Waals surface area (Å²) in [5.74, 6) is -0.949. The van der Waals surface area contributed by atoms with Gasteiger partial charge in [0.15, 0.2) is 6.61 Å². The van der Waals surface area contributed by atoms with Crippen LogP contribution in [0.1, 0.15) is 23.2 Å². The molecule has 0 saturated carbocycles. The normalized spacial score (nSPS) is 13.4. The van der Waals surface area contributed by atoms with Crippen molar-refractivity contribution in [1.82, 2.24) is 4.98 Å². The molecule has 10 heteroatoms. The van der Waals surface area contributed by atoms with Crippen LogP contribution >= 0.6 is 11.6 Å². The minimum atomic E-state index is -3.02. The molecular formula is C23H20ClF2N3O4. The fourth-order valence-electron chi connectivity index (χ4n) is 3.60. The number of nitrogens with zero attached hydrogens (tertiary/aromatic N) is 2. The summed E-state index contributed by atoms with van der Waals surface area (Å²) in [4.78, 5) is 31.8. The van der Waals surface area contributed by atoms with Crippen molar-refractivity contribution in [2.45, 2.75) is 19.5 Å². The number of carbonyl (C=O) groups excluding carboxylic acids is 2. The zero-order valence-corrected chi connectivity index (χ0v) is 18.1. The van der Waals surface area contributed by atoms with E-state index in [1.54, 1.807) is 6.07 Å². The SMILES string of the molecule is O=C(COC(=O)c1cc2ccccc2nc1N1CCCC1)Nc1ccc(OC(F)F)c(Cl)c1. The molecule has 0 unspecified atom stereocenters. The lowest BCUT2D eigenvalue weighted by molar-refractivity contribution is -0.119. The predicted octanol–water partition coefficient (Wildman–Crippen LogP) is 4.89. The van der Waals surface area contributed by atoms with Gasteiger partial charge < -0.3 is 19.7 Å². The molecule has 1 fully saturated rings. The highest BCUT2D eigenvalue weighted by molar-refractivity contribution is 6.32. The van der Waals surface area contributed by atoms with E-state index in [4.69, 9.17) is 16.3 Å². The Labute approximate surface area is 193 Å². The number of benzene rings is 2. The maximum absolute atomic E-state index is 12.8. The van der Waals surface area contributed by atoms with Crippen molar-refractivity contribution in [3.63, 3.8) is 0 Å². The molecule has 2 aromatic carbocycles. The van der Waals surface area contributed by atoms with Gasteiger partial charge in [-0.05, 0) is 43.2 Å². The van der Waals surface area contributed by atoms with Gasteiger partial charge in [0, 0.05) is 24.2 Å². The van der Waals surface area contributed by atoms with Gasteiger partial charge in [-0.2, -0.15) is 8.78 Å². The van der Waals surface area contributed by atoms with Gasteiger partial charge in [0.2, 0.25) is 0 Å². The molecule has 1 amide bonds. The largest absolute Gasteiger partial charge is 0.452 e. The number of rotatable bonds is 7. The highest BCUT2D eigenvalue weighted by atomic mass is 35.5. The van der Waals surface area contributed by atoms with E-state index in [9.17, 15) is 18.4 Å². The van der Waals surface area contributed by atoms with E-state index >= 15 is 0 Å². The third-order valence-electron chi connectivity index (χ3n) is 5.10. The van der Waals surface area contributed by atoms with Crippen molar-refractivity contribution >= 4 is 45.9 Å². The Morgan fingerprint density at radius 1 is 1.12 bits per heavy atom. The highest BCUT2D eigenvalue weighted by Gasteiger charge is 2.23. The Hall–Kier alpha value is -3.46. The fraction of sp³-hybridized carbons (Fsp3) is 0.261. The monoisotopic (exact) mass is 475 g/mol. The van der Waals surface area contributed by atoms with Gasteiger partial charge in [-0.1, -0.05) is 29.8 Å². The van der Waals surface area contributed by atoms with E-state index in [1.807, 2.05) is 29.2 Å². The lowest BCUT2D eigenvalue weighted by Crippen LogP contribution is -2.25. The number of fused-ring (bicyclic) bond motifs is 1. The van der Waals surface area contributed by atoms with E-state index in [0.717, 1.165) is 36.8 Å². The molecule has 0 bridgehead atoms. The van der Waals surface area contributed by atoms with Crippen LogP contribution in [0.2, 0.25) is 5.02 Å². The average Bonchev–Trinajstić information content (AvgIpc) is 3.33. The van der Waals surface area contributed by atoms with Gasteiger partial charge in [-0.25, -0.2) is 9.78 Å². The number of aromatic nitrogens is 1. The number of anilines is 2. The number of nitrogens with one attached hydrogen (secondary N) is 1. The van der Waals surface area contributed by atoms with Crippen LogP contribution in [0.3, 0.4) is 0 Å². The second-order valence-electron chi connectivity index (χ2n) is 7.39. The van der Waals surface area contributed by atoms with Crippen molar-refractivity contribution in [2.24, 2.45) is 0 Å². The third-order valence-corrected chi connectivity index (χ3v) is 5.39. The molecule has 0 spiro atoms. The van der Waals surface area contributed by atoms with E-state index in [0.29, 0.717) is 11.4 Å². The van der Waals surface area contributed by atoms with Crippen LogP contribution in [-0.4, -0.2) is 43.2 Å². The molecule has 0 aliphatic carbocycles. The summed E-state index contributed by atoms with van der Waals surface area (Å²) < 4.78 is 34.2. The first-order valence-corrected chi connectivity index (χ1v) is 10.6. The molecule has 1 N–H and O–H groups in total. The third kappa shape index (κ3) is 5.48. The van der Waals surface area contributed by atoms with Crippen molar-refractivity contribution in [3.05, 3.63) is 59.1 Å². The number of carbonyl (C=O) groups is 2. The number of hydrogen-bond donors (Lipinski definition) is 1. The van der Waals surface area contributed by atoms with Gasteiger partial charge >= 0.3 is 12.6 Å². The van der Waals surface area contributed by atoms with Crippen LogP contribution < -0.4 is 15.0 Å². The molecule has 2 heterocycles. The summed E-state index contributed by atoms with van der Waals surface area (Å²) in [5.41, 5.74) is 1.30. The minimum absolute atomic E-state index is 0.0948. The van der Waals surface area contributed by atoms with Crippen LogP contribution in [-0.2, 0) is 9.53 Å². The number of alkyl halides is 2. The molecule has 0 radical (unpaired) electrons. The summed E-state index contributed by atoms with van der Waals surface area (Å²) >= 11 is 5.89. The molecule has 33 heavy (non-hydrogen) atoms. The first-order chi connectivity index (χ1) is 15.9. The second kappa shape index (κ2) is 9.99. The second-order valence-corrected chi connectivity index (χ2v) is 7.80. The van der Waals surface area contributed by atoms with E-state index in [1.165, 1.54) is 18.2 Å². The van der Waals surface area contributed by atoms with Crippen molar-refractivity contribution < 1.29 is 27.8 Å². The number of amides is 1. The zero-order chi connectivity index (χ0) is 23.4. The molecule has 3 aromatic rings. The topological polar surface area (TPSA) is 80.8 Å². The highest BCUT2D eigenvalue weighted by Crippen LogP contribution is 2.29. The molecule has 1 saturated heterocycles. The molecule has 1 aliphatic heterocycles. The molecule has 1 aliphatic rings. The van der Waals surface area contributed by atoms with Crippen LogP contribution in [0.4, 0.5) is 20.3 Å². The van der Waals surface area contributed by atoms with Crippen molar-refractivity contribution in [1.29, 1.82) is 0 Å². The van der Waals surface area contributed by atoms with E-state index < -0.39 is 25.1 Å². The van der Waals surface area contributed by atoms with Crippen molar-refractivity contribution in [3.8, 4) is 5.75 Å². The van der Waals surface area contributed by atoms with Crippen LogP contribution in [0.5, 0.6) is 5.75 Å². The first kappa shape index (κ1) is 22.7. The van der Waals surface area contributed by atoms with Gasteiger partial charge in [0.1, 0.15) is 17.1 Å². The number of hydrogen-bond acceptors (Lipinski definition) is 6. The van der Waals surface area contributed by atoms with Gasteiger partial charge in [0.25, 0.3) is 5.91 Å². The fourth-order valence-corrected chi connectivity index (χ4v) is 3.83. The molecule has 0 atom stereocenters. The average molecular weight is 476 g/mol. The quantitative estimate of drug-likeness (QED) is 0.490. The van der Waals surface area contributed by atoms with Crippen LogP contribution in [0.15, 0.2) is 48.5 Å². The minimum Gasteiger partial charge on any atom is -0.452 e. The van der Waals surface area contributed by atoms with Gasteiger partial charge in [-0.3, -0.25) is 4.79 Å². The Morgan fingerprint density at radius 2 is 1.88 bits per heavy atom. The predicted molar refractivity (Wildman–Crippen MR) is 120 cm³/mol. The molecule has 7 nitrogen and oxygen atoms in total. The lowest BCUT2D eigenvalue weighted by Gasteiger charge is -2.20. The maximum atomic E-state index is 12.8. The number of esters is 1.